The van der Waals surface area contributed by atoms with Crippen LogP contribution < -0.4 is 0 Å². The Morgan fingerprint density at radius 1 is 0.824 bits per heavy atom. The molecule has 3 nitrogen and oxygen atoms in total. The summed E-state index contributed by atoms with van der Waals surface area (Å²) < 4.78 is 13.0. The standard InChI is InChI=1S/C14H20O3/c1-11-6-5-7-13(3,16-11)10-8(15)9(11)12(6,2)17-14(7,10)4/h6-10,15H,5H2,1-4H3/t6?,7?,8?,9?,10?,11-,12-,13-,14+/m1/s1. The van der Waals surface area contributed by atoms with E-state index in [1.54, 1.807) is 0 Å². The van der Waals surface area contributed by atoms with E-state index in [9.17, 15) is 5.11 Å². The average molecular weight is 236 g/mol. The van der Waals surface area contributed by atoms with Crippen molar-refractivity contribution in [2.75, 3.05) is 0 Å². The van der Waals surface area contributed by atoms with Crippen molar-refractivity contribution in [2.24, 2.45) is 23.7 Å². The van der Waals surface area contributed by atoms with Gasteiger partial charge in [-0.1, -0.05) is 0 Å². The molecule has 6 fully saturated rings. The maximum Gasteiger partial charge on any atom is 0.0798 e. The highest BCUT2D eigenvalue weighted by molar-refractivity contribution is 5.39. The van der Waals surface area contributed by atoms with E-state index in [0.717, 1.165) is 0 Å². The monoisotopic (exact) mass is 236 g/mol. The third-order valence-electron chi connectivity index (χ3n) is 7.27. The van der Waals surface area contributed by atoms with Crippen LogP contribution in [0.1, 0.15) is 34.1 Å². The number of aliphatic hydroxyl groups excluding tert-OH is 1. The molecule has 0 aromatic rings. The van der Waals surface area contributed by atoms with Gasteiger partial charge in [-0.15, -0.1) is 0 Å². The summed E-state index contributed by atoms with van der Waals surface area (Å²) in [6, 6.07) is 0. The van der Waals surface area contributed by atoms with Crippen LogP contribution >= 0.6 is 0 Å². The number of ether oxygens (including phenoxy) is 2. The summed E-state index contributed by atoms with van der Waals surface area (Å²) in [5, 5.41) is 10.7. The van der Waals surface area contributed by atoms with Crippen LogP contribution in [0.5, 0.6) is 0 Å². The first kappa shape index (κ1) is 9.76. The first-order valence-corrected chi connectivity index (χ1v) is 6.87. The molecule has 0 radical (unpaired) electrons. The number of rotatable bonds is 0. The Morgan fingerprint density at radius 3 is 1.53 bits per heavy atom. The minimum atomic E-state index is -0.240. The molecule has 3 heteroatoms. The summed E-state index contributed by atoms with van der Waals surface area (Å²) in [7, 11) is 0. The zero-order valence-corrected chi connectivity index (χ0v) is 10.9. The lowest BCUT2D eigenvalue weighted by Crippen LogP contribution is -2.99. The Bertz CT molecular complexity index is 392. The smallest absolute Gasteiger partial charge is 0.0798 e. The van der Waals surface area contributed by atoms with E-state index in [1.807, 2.05) is 0 Å². The molecule has 4 saturated heterocycles. The fourth-order valence-corrected chi connectivity index (χ4v) is 7.16. The van der Waals surface area contributed by atoms with Crippen molar-refractivity contribution in [3.63, 3.8) is 0 Å². The average Bonchev–Trinajstić information content (AvgIpc) is 2.11. The molecular formula is C14H20O3. The fourth-order valence-electron chi connectivity index (χ4n) is 7.16. The number of aliphatic hydroxyl groups is 1. The second-order valence-electron chi connectivity index (χ2n) is 7.73. The zero-order valence-electron chi connectivity index (χ0n) is 10.9. The molecule has 1 N–H and O–H groups in total. The molecule has 5 unspecified atom stereocenters. The van der Waals surface area contributed by atoms with Crippen molar-refractivity contribution in [1.29, 1.82) is 0 Å². The third kappa shape index (κ3) is 0.592. The highest BCUT2D eigenvalue weighted by Gasteiger charge is 2.91. The maximum absolute atomic E-state index is 10.7. The minimum Gasteiger partial charge on any atom is -0.392 e. The molecule has 4 heterocycles. The van der Waals surface area contributed by atoms with Crippen LogP contribution in [0, 0.1) is 23.7 Å². The van der Waals surface area contributed by atoms with Crippen LogP contribution in [0.2, 0.25) is 0 Å². The molecule has 2 aliphatic carbocycles. The van der Waals surface area contributed by atoms with Crippen molar-refractivity contribution in [3.8, 4) is 0 Å². The van der Waals surface area contributed by atoms with Gasteiger partial charge in [0, 0.05) is 23.7 Å². The molecule has 0 aromatic heterocycles. The summed E-state index contributed by atoms with van der Waals surface area (Å²) in [4.78, 5) is 0. The molecule has 17 heavy (non-hydrogen) atoms. The first-order valence-electron chi connectivity index (χ1n) is 6.87. The second kappa shape index (κ2) is 2.00. The van der Waals surface area contributed by atoms with Crippen LogP contribution in [-0.2, 0) is 9.47 Å². The highest BCUT2D eigenvalue weighted by atomic mass is 16.6. The molecule has 0 spiro atoms. The van der Waals surface area contributed by atoms with Crippen molar-refractivity contribution in [2.45, 2.75) is 62.6 Å². The molecule has 4 aliphatic heterocycles. The second-order valence-corrected chi connectivity index (χ2v) is 7.73. The molecule has 0 amide bonds. The van der Waals surface area contributed by atoms with Gasteiger partial charge in [0.05, 0.1) is 28.5 Å². The first-order chi connectivity index (χ1) is 7.78. The SMILES string of the molecule is C[C@]12O[C@]3(C)C4CC1[C@@]1(C)O[C@@]4(C)C3C(O)C21. The van der Waals surface area contributed by atoms with Gasteiger partial charge in [-0.05, 0) is 34.1 Å². The van der Waals surface area contributed by atoms with Gasteiger partial charge in [0.25, 0.3) is 0 Å². The van der Waals surface area contributed by atoms with E-state index in [4.69, 9.17) is 9.47 Å². The van der Waals surface area contributed by atoms with Gasteiger partial charge in [0.1, 0.15) is 0 Å². The van der Waals surface area contributed by atoms with Crippen LogP contribution in [0.15, 0.2) is 0 Å². The predicted octanol–water partition coefficient (Wildman–Crippen LogP) is 1.34. The summed E-state index contributed by atoms with van der Waals surface area (Å²) in [6.45, 7) is 8.76. The van der Waals surface area contributed by atoms with Gasteiger partial charge >= 0.3 is 0 Å². The summed E-state index contributed by atoms with van der Waals surface area (Å²) in [5.74, 6) is 1.30. The Hall–Kier alpha value is -0.120. The van der Waals surface area contributed by atoms with Crippen LogP contribution in [0.25, 0.3) is 0 Å². The topological polar surface area (TPSA) is 38.7 Å². The molecule has 9 atom stereocenters. The molecule has 6 aliphatic rings. The minimum absolute atomic E-state index is 0.141. The summed E-state index contributed by atoms with van der Waals surface area (Å²) in [6.07, 6.45) is 0.981. The van der Waals surface area contributed by atoms with Gasteiger partial charge in [0.15, 0.2) is 0 Å². The Kier molecular flexibility index (Phi) is 1.15. The van der Waals surface area contributed by atoms with Crippen molar-refractivity contribution >= 4 is 0 Å². The zero-order chi connectivity index (χ0) is 12.0. The number of hydrogen-bond donors (Lipinski definition) is 1. The van der Waals surface area contributed by atoms with Gasteiger partial charge < -0.3 is 14.6 Å². The highest BCUT2D eigenvalue weighted by Crippen LogP contribution is 2.82. The van der Waals surface area contributed by atoms with Crippen molar-refractivity contribution < 1.29 is 14.6 Å². The Labute approximate surface area is 101 Å². The molecular weight excluding hydrogens is 216 g/mol. The predicted molar refractivity (Wildman–Crippen MR) is 60.4 cm³/mol. The van der Waals surface area contributed by atoms with Gasteiger partial charge in [-0.3, -0.25) is 0 Å². The molecule has 8 bridgehead atoms. The van der Waals surface area contributed by atoms with E-state index in [-0.39, 0.29) is 40.3 Å². The normalized spacial score (nSPS) is 82.1. The lowest BCUT2D eigenvalue weighted by atomic mass is 9.30. The van der Waals surface area contributed by atoms with Crippen LogP contribution in [0.3, 0.4) is 0 Å². The molecule has 0 aromatic carbocycles. The van der Waals surface area contributed by atoms with E-state index in [0.29, 0.717) is 11.8 Å². The Morgan fingerprint density at radius 2 is 1.18 bits per heavy atom. The fraction of sp³-hybridized carbons (Fsp3) is 1.00. The maximum atomic E-state index is 10.7. The van der Waals surface area contributed by atoms with Gasteiger partial charge in [-0.2, -0.15) is 0 Å². The molecule has 6 rings (SSSR count). The van der Waals surface area contributed by atoms with Gasteiger partial charge in [-0.25, -0.2) is 0 Å². The van der Waals surface area contributed by atoms with Crippen molar-refractivity contribution in [3.05, 3.63) is 0 Å². The quantitative estimate of drug-likeness (QED) is 0.690. The summed E-state index contributed by atoms with van der Waals surface area (Å²) in [5.41, 5.74) is -0.565. The van der Waals surface area contributed by atoms with E-state index in [2.05, 4.69) is 27.7 Å². The van der Waals surface area contributed by atoms with E-state index >= 15 is 0 Å². The van der Waals surface area contributed by atoms with Crippen molar-refractivity contribution in [1.82, 2.24) is 0 Å². The summed E-state index contributed by atoms with van der Waals surface area (Å²) >= 11 is 0. The van der Waals surface area contributed by atoms with Gasteiger partial charge in [0.2, 0.25) is 0 Å². The Balaban J connectivity index is 1.80. The largest absolute Gasteiger partial charge is 0.392 e. The van der Waals surface area contributed by atoms with E-state index < -0.39 is 0 Å². The number of hydrogen-bond acceptors (Lipinski definition) is 3. The van der Waals surface area contributed by atoms with E-state index in [1.165, 1.54) is 6.42 Å². The lowest BCUT2D eigenvalue weighted by Gasteiger charge is -2.89. The van der Waals surface area contributed by atoms with Crippen LogP contribution in [0.4, 0.5) is 0 Å². The lowest BCUT2D eigenvalue weighted by molar-refractivity contribution is -0.561. The third-order valence-corrected chi connectivity index (χ3v) is 7.27. The molecule has 2 saturated carbocycles. The molecule has 94 valence electrons. The van der Waals surface area contributed by atoms with Crippen LogP contribution in [-0.4, -0.2) is 33.6 Å².